The average molecular weight is 400 g/mol. The first-order chi connectivity index (χ1) is 14.0. The number of hydrogen-bond donors (Lipinski definition) is 0. The summed E-state index contributed by atoms with van der Waals surface area (Å²) in [5.74, 6) is 0.832. The highest BCUT2D eigenvalue weighted by Gasteiger charge is 2.23. The van der Waals surface area contributed by atoms with Gasteiger partial charge in [-0.1, -0.05) is 17.3 Å². The number of halogens is 2. The first-order valence-corrected chi connectivity index (χ1v) is 9.09. The summed E-state index contributed by atoms with van der Waals surface area (Å²) in [5.41, 5.74) is 1.85. The highest BCUT2D eigenvalue weighted by molar-refractivity contribution is 5.94. The molecule has 1 saturated heterocycles. The Morgan fingerprint density at radius 3 is 2.52 bits per heavy atom. The van der Waals surface area contributed by atoms with Crippen LogP contribution >= 0.6 is 0 Å². The summed E-state index contributed by atoms with van der Waals surface area (Å²) >= 11 is 0. The molecule has 1 amide bonds. The Hall–Kier alpha value is -3.43. The van der Waals surface area contributed by atoms with Gasteiger partial charge in [0.1, 0.15) is 12.3 Å². The van der Waals surface area contributed by atoms with Crippen molar-refractivity contribution in [3.8, 4) is 11.6 Å². The van der Waals surface area contributed by atoms with E-state index in [0.717, 1.165) is 6.42 Å². The van der Waals surface area contributed by atoms with Gasteiger partial charge in [-0.15, -0.1) is 15.3 Å². The smallest absolute Gasteiger partial charge is 0.263 e. The molecule has 1 aliphatic heterocycles. The van der Waals surface area contributed by atoms with Crippen LogP contribution in [0.1, 0.15) is 36.2 Å². The number of alkyl halides is 2. The van der Waals surface area contributed by atoms with Crippen LogP contribution in [0.5, 0.6) is 5.88 Å². The molecule has 150 valence electrons. The monoisotopic (exact) mass is 400 g/mol. The second-order valence-electron chi connectivity index (χ2n) is 6.59. The van der Waals surface area contributed by atoms with Crippen molar-refractivity contribution >= 4 is 11.7 Å². The molecule has 8 nitrogen and oxygen atoms in total. The molecular weight excluding hydrogens is 382 g/mol. The molecule has 1 fully saturated rings. The summed E-state index contributed by atoms with van der Waals surface area (Å²) in [6.45, 7) is 2.54. The van der Waals surface area contributed by atoms with Crippen LogP contribution in [-0.2, 0) is 11.4 Å². The zero-order valence-corrected chi connectivity index (χ0v) is 15.6. The number of benzene rings is 1. The number of aryl methyl sites for hydroxylation is 1. The molecule has 2 aromatic heterocycles. The third kappa shape index (κ3) is 3.91. The summed E-state index contributed by atoms with van der Waals surface area (Å²) in [6, 6.07) is 9.16. The topological polar surface area (TPSA) is 86.0 Å². The highest BCUT2D eigenvalue weighted by atomic mass is 19.3. The van der Waals surface area contributed by atoms with Crippen LogP contribution in [0.3, 0.4) is 0 Å². The van der Waals surface area contributed by atoms with Crippen molar-refractivity contribution in [2.24, 2.45) is 0 Å². The Balaban J connectivity index is 1.47. The summed E-state index contributed by atoms with van der Waals surface area (Å²) in [6.07, 6.45) is -1.19. The molecule has 0 saturated carbocycles. The van der Waals surface area contributed by atoms with Crippen molar-refractivity contribution in [2.45, 2.75) is 32.8 Å². The molecule has 0 N–H and O–H groups in total. The summed E-state index contributed by atoms with van der Waals surface area (Å²) in [4.78, 5) is 13.4. The Labute approximate surface area is 165 Å². The predicted octanol–water partition coefficient (Wildman–Crippen LogP) is 3.01. The van der Waals surface area contributed by atoms with Crippen molar-refractivity contribution in [1.82, 2.24) is 25.2 Å². The van der Waals surface area contributed by atoms with Crippen LogP contribution in [0, 0.1) is 6.92 Å². The van der Waals surface area contributed by atoms with Gasteiger partial charge in [-0.2, -0.15) is 0 Å². The van der Waals surface area contributed by atoms with Crippen LogP contribution < -0.4 is 9.64 Å². The Bertz CT molecular complexity index is 1000. The fraction of sp³-hybridized carbons (Fsp3) is 0.316. The van der Waals surface area contributed by atoms with Gasteiger partial charge < -0.3 is 4.74 Å². The lowest BCUT2D eigenvalue weighted by Gasteiger charge is -2.14. The van der Waals surface area contributed by atoms with Gasteiger partial charge in [0.15, 0.2) is 5.82 Å². The van der Waals surface area contributed by atoms with E-state index in [2.05, 4.69) is 20.5 Å². The van der Waals surface area contributed by atoms with E-state index in [1.807, 2.05) is 0 Å². The number of amides is 1. The lowest BCUT2D eigenvalue weighted by Crippen LogP contribution is -2.24. The lowest BCUT2D eigenvalue weighted by atomic mass is 10.2. The minimum atomic E-state index is -2.53. The Morgan fingerprint density at radius 1 is 1.10 bits per heavy atom. The largest absolute Gasteiger partial charge is 0.470 e. The molecular formula is C19H18F2N6O2. The van der Waals surface area contributed by atoms with Gasteiger partial charge in [0.2, 0.25) is 11.8 Å². The minimum Gasteiger partial charge on any atom is -0.470 e. The van der Waals surface area contributed by atoms with Crippen LogP contribution in [-0.4, -0.2) is 37.6 Å². The molecule has 0 atom stereocenters. The van der Waals surface area contributed by atoms with Crippen LogP contribution in [0.2, 0.25) is 0 Å². The zero-order chi connectivity index (χ0) is 20.4. The van der Waals surface area contributed by atoms with Crippen molar-refractivity contribution in [2.75, 3.05) is 11.4 Å². The molecule has 4 rings (SSSR count). The van der Waals surface area contributed by atoms with Gasteiger partial charge in [-0.25, -0.2) is 13.5 Å². The molecule has 0 spiro atoms. The molecule has 1 aliphatic rings. The fourth-order valence-corrected chi connectivity index (χ4v) is 3.08. The lowest BCUT2D eigenvalue weighted by molar-refractivity contribution is -0.117. The summed E-state index contributed by atoms with van der Waals surface area (Å²) in [5, 5.41) is 16.2. The van der Waals surface area contributed by atoms with E-state index in [0.29, 0.717) is 41.7 Å². The standard InChI is InChI=1S/C19H18F2N6O2/c1-12-15(27(25-22-12)14-6-4-13(5-7-14)19(20)21)11-29-17-9-8-16(23-24-17)26-10-2-3-18(26)28/h4-9,19H,2-3,10-11H2,1H3. The molecule has 3 aromatic rings. The molecule has 10 heteroatoms. The van der Waals surface area contributed by atoms with Crippen molar-refractivity contribution in [3.63, 3.8) is 0 Å². The van der Waals surface area contributed by atoms with Crippen LogP contribution in [0.4, 0.5) is 14.6 Å². The Kier molecular flexibility index (Phi) is 5.15. The van der Waals surface area contributed by atoms with Crippen molar-refractivity contribution in [1.29, 1.82) is 0 Å². The van der Waals surface area contributed by atoms with E-state index in [-0.39, 0.29) is 18.1 Å². The van der Waals surface area contributed by atoms with Gasteiger partial charge >= 0.3 is 0 Å². The normalized spacial score (nSPS) is 14.1. The maximum atomic E-state index is 12.8. The fourth-order valence-electron chi connectivity index (χ4n) is 3.08. The highest BCUT2D eigenvalue weighted by Crippen LogP contribution is 2.22. The third-order valence-electron chi connectivity index (χ3n) is 4.68. The summed E-state index contributed by atoms with van der Waals surface area (Å²) < 4.78 is 32.7. The van der Waals surface area contributed by atoms with E-state index in [9.17, 15) is 13.6 Å². The first kappa shape index (κ1) is 18.9. The number of carbonyl (C=O) groups excluding carboxylic acids is 1. The van der Waals surface area contributed by atoms with Gasteiger partial charge in [-0.3, -0.25) is 9.69 Å². The molecule has 0 aliphatic carbocycles. The van der Waals surface area contributed by atoms with Crippen LogP contribution in [0.25, 0.3) is 5.69 Å². The zero-order valence-electron chi connectivity index (χ0n) is 15.6. The second kappa shape index (κ2) is 7.90. The number of aromatic nitrogens is 5. The second-order valence-corrected chi connectivity index (χ2v) is 6.59. The average Bonchev–Trinajstić information content (AvgIpc) is 3.32. The third-order valence-corrected chi connectivity index (χ3v) is 4.68. The van der Waals surface area contributed by atoms with Crippen molar-refractivity contribution < 1.29 is 18.3 Å². The Morgan fingerprint density at radius 2 is 1.90 bits per heavy atom. The molecule has 0 bridgehead atoms. The maximum Gasteiger partial charge on any atom is 0.263 e. The van der Waals surface area contributed by atoms with E-state index in [4.69, 9.17) is 4.74 Å². The molecule has 3 heterocycles. The summed E-state index contributed by atoms with van der Waals surface area (Å²) in [7, 11) is 0. The molecule has 1 aromatic carbocycles. The molecule has 0 radical (unpaired) electrons. The first-order valence-electron chi connectivity index (χ1n) is 9.09. The number of rotatable bonds is 6. The predicted molar refractivity (Wildman–Crippen MR) is 99.0 cm³/mol. The number of hydrogen-bond acceptors (Lipinski definition) is 6. The van der Waals surface area contributed by atoms with E-state index < -0.39 is 6.43 Å². The molecule has 0 unspecified atom stereocenters. The number of ether oxygens (including phenoxy) is 1. The number of carbonyl (C=O) groups is 1. The SMILES string of the molecule is Cc1nnn(-c2ccc(C(F)F)cc2)c1COc1ccc(N2CCCC2=O)nn1. The maximum absolute atomic E-state index is 12.8. The van der Waals surface area contributed by atoms with Gasteiger partial charge in [-0.05, 0) is 31.5 Å². The van der Waals surface area contributed by atoms with Crippen molar-refractivity contribution in [3.05, 3.63) is 53.3 Å². The van der Waals surface area contributed by atoms with E-state index >= 15 is 0 Å². The van der Waals surface area contributed by atoms with E-state index in [1.54, 1.807) is 36.1 Å². The quantitative estimate of drug-likeness (QED) is 0.632. The molecule has 29 heavy (non-hydrogen) atoms. The van der Waals surface area contributed by atoms with Gasteiger partial charge in [0.05, 0.1) is 11.4 Å². The van der Waals surface area contributed by atoms with E-state index in [1.165, 1.54) is 16.8 Å². The van der Waals surface area contributed by atoms with Gasteiger partial charge in [0, 0.05) is 24.6 Å². The number of nitrogens with zero attached hydrogens (tertiary/aromatic N) is 6. The van der Waals surface area contributed by atoms with Gasteiger partial charge in [0.25, 0.3) is 6.43 Å². The minimum absolute atomic E-state index is 0.0384. The van der Waals surface area contributed by atoms with Crippen LogP contribution in [0.15, 0.2) is 36.4 Å². The number of anilines is 1.